The van der Waals surface area contributed by atoms with Crippen molar-refractivity contribution >= 4 is 38.9 Å². The fourth-order valence-electron chi connectivity index (χ4n) is 2.61. The Morgan fingerprint density at radius 2 is 2.08 bits per heavy atom. The summed E-state index contributed by atoms with van der Waals surface area (Å²) in [5.41, 5.74) is 3.78. The summed E-state index contributed by atoms with van der Waals surface area (Å²) in [5, 5.41) is 0.709. The molecule has 4 nitrogen and oxygen atoms in total. The highest BCUT2D eigenvalue weighted by Gasteiger charge is 2.14. The zero-order valence-corrected chi connectivity index (χ0v) is 16.2. The van der Waals surface area contributed by atoms with E-state index in [1.54, 1.807) is 0 Å². The van der Waals surface area contributed by atoms with E-state index in [1.807, 2.05) is 48.8 Å². The molecule has 3 rings (SSSR count). The van der Waals surface area contributed by atoms with Gasteiger partial charge in [0.05, 0.1) is 5.69 Å². The molecule has 0 saturated carbocycles. The van der Waals surface area contributed by atoms with Crippen molar-refractivity contribution < 1.29 is 4.74 Å². The maximum absolute atomic E-state index is 6.41. The summed E-state index contributed by atoms with van der Waals surface area (Å²) in [5.74, 6) is 0.733. The van der Waals surface area contributed by atoms with E-state index in [2.05, 4.69) is 38.8 Å². The van der Waals surface area contributed by atoms with Crippen LogP contribution in [0.3, 0.4) is 0 Å². The van der Waals surface area contributed by atoms with Gasteiger partial charge in [0.25, 0.3) is 0 Å². The SMILES string of the molecule is CCN(C)c1cccc(Cl)c1COc1cccn2c(Br)c(C)nc12. The van der Waals surface area contributed by atoms with E-state index in [0.29, 0.717) is 11.6 Å². The van der Waals surface area contributed by atoms with Gasteiger partial charge in [0.2, 0.25) is 0 Å². The van der Waals surface area contributed by atoms with Crippen molar-refractivity contribution in [3.05, 3.63) is 57.4 Å². The minimum absolute atomic E-state index is 0.391. The molecule has 0 spiro atoms. The lowest BCUT2D eigenvalue weighted by Crippen LogP contribution is -2.18. The number of halogens is 2. The van der Waals surface area contributed by atoms with Crippen molar-refractivity contribution in [1.82, 2.24) is 9.38 Å². The van der Waals surface area contributed by atoms with Crippen LogP contribution in [0, 0.1) is 6.92 Å². The first-order chi connectivity index (χ1) is 11.5. The monoisotopic (exact) mass is 407 g/mol. The first-order valence-electron chi connectivity index (χ1n) is 7.77. The van der Waals surface area contributed by atoms with E-state index in [1.165, 1.54) is 0 Å². The van der Waals surface area contributed by atoms with Crippen molar-refractivity contribution in [2.75, 3.05) is 18.5 Å². The predicted molar refractivity (Wildman–Crippen MR) is 102 cm³/mol. The molecule has 0 aliphatic heterocycles. The average molecular weight is 409 g/mol. The minimum Gasteiger partial charge on any atom is -0.485 e. The number of hydrogen-bond acceptors (Lipinski definition) is 3. The van der Waals surface area contributed by atoms with Crippen LogP contribution in [0.15, 0.2) is 41.1 Å². The van der Waals surface area contributed by atoms with Crippen molar-refractivity contribution in [3.8, 4) is 5.75 Å². The molecule has 0 radical (unpaired) electrons. The molecule has 2 heterocycles. The molecule has 0 unspecified atom stereocenters. The Kier molecular flexibility index (Phi) is 5.01. The van der Waals surface area contributed by atoms with Gasteiger partial charge >= 0.3 is 0 Å². The number of hydrogen-bond donors (Lipinski definition) is 0. The summed E-state index contributed by atoms with van der Waals surface area (Å²) in [7, 11) is 2.05. The molecule has 0 bridgehead atoms. The molecule has 3 aromatic rings. The minimum atomic E-state index is 0.391. The van der Waals surface area contributed by atoms with Crippen molar-refractivity contribution in [3.63, 3.8) is 0 Å². The van der Waals surface area contributed by atoms with Crippen LogP contribution in [0.1, 0.15) is 18.2 Å². The van der Waals surface area contributed by atoms with Gasteiger partial charge in [-0.3, -0.25) is 4.40 Å². The van der Waals surface area contributed by atoms with Crippen molar-refractivity contribution in [2.24, 2.45) is 0 Å². The van der Waals surface area contributed by atoms with Gasteiger partial charge in [-0.25, -0.2) is 4.98 Å². The van der Waals surface area contributed by atoms with Crippen LogP contribution in [-0.2, 0) is 6.61 Å². The van der Waals surface area contributed by atoms with Gasteiger partial charge in [-0.15, -0.1) is 0 Å². The Morgan fingerprint density at radius 1 is 1.29 bits per heavy atom. The highest BCUT2D eigenvalue weighted by molar-refractivity contribution is 9.10. The van der Waals surface area contributed by atoms with E-state index >= 15 is 0 Å². The molecule has 0 saturated heterocycles. The second-order valence-corrected chi connectivity index (χ2v) is 6.75. The summed E-state index contributed by atoms with van der Waals surface area (Å²) >= 11 is 9.96. The number of ether oxygens (including phenoxy) is 1. The topological polar surface area (TPSA) is 29.8 Å². The Balaban J connectivity index is 1.94. The van der Waals surface area contributed by atoms with Gasteiger partial charge < -0.3 is 9.64 Å². The first-order valence-corrected chi connectivity index (χ1v) is 8.94. The summed E-state index contributed by atoms with van der Waals surface area (Å²) in [6.07, 6.45) is 1.96. The number of nitrogens with zero attached hydrogens (tertiary/aromatic N) is 3. The molecule has 24 heavy (non-hydrogen) atoms. The maximum Gasteiger partial charge on any atom is 0.180 e. The van der Waals surface area contributed by atoms with E-state index in [-0.39, 0.29) is 0 Å². The predicted octanol–water partition coefficient (Wildman–Crippen LogP) is 5.09. The van der Waals surface area contributed by atoms with Crippen LogP contribution in [0.2, 0.25) is 5.02 Å². The average Bonchev–Trinajstić information content (AvgIpc) is 2.88. The molecular formula is C18H19BrClN3O. The molecule has 0 fully saturated rings. The summed E-state index contributed by atoms with van der Waals surface area (Å²) in [6, 6.07) is 9.78. The van der Waals surface area contributed by atoms with Gasteiger partial charge in [-0.1, -0.05) is 17.7 Å². The molecule has 126 valence electrons. The van der Waals surface area contributed by atoms with E-state index in [4.69, 9.17) is 16.3 Å². The first kappa shape index (κ1) is 17.1. The molecular weight excluding hydrogens is 390 g/mol. The molecule has 0 aliphatic carbocycles. The quantitative estimate of drug-likeness (QED) is 0.589. The normalized spacial score (nSPS) is 11.0. The Labute approximate surface area is 155 Å². The Bertz CT molecular complexity index is 878. The smallest absolute Gasteiger partial charge is 0.180 e. The van der Waals surface area contributed by atoms with Gasteiger partial charge in [-0.05, 0) is 54.0 Å². The standard InChI is InChI=1S/C18H19BrClN3O/c1-4-22(3)15-8-5-7-14(20)13(15)11-24-16-9-6-10-23-17(19)12(2)21-18(16)23/h5-10H,4,11H2,1-3H3. The number of fused-ring (bicyclic) bond motifs is 1. The lowest BCUT2D eigenvalue weighted by Gasteiger charge is -2.21. The van der Waals surface area contributed by atoms with Crippen molar-refractivity contribution in [2.45, 2.75) is 20.5 Å². The number of anilines is 1. The summed E-state index contributed by atoms with van der Waals surface area (Å²) in [6.45, 7) is 5.36. The third kappa shape index (κ3) is 3.10. The highest BCUT2D eigenvalue weighted by atomic mass is 79.9. The molecule has 0 N–H and O–H groups in total. The molecule has 0 aliphatic rings. The number of aromatic nitrogens is 2. The second-order valence-electron chi connectivity index (χ2n) is 5.59. The van der Waals surface area contributed by atoms with Crippen LogP contribution in [0.5, 0.6) is 5.75 Å². The lowest BCUT2D eigenvalue weighted by atomic mass is 10.1. The summed E-state index contributed by atoms with van der Waals surface area (Å²) < 4.78 is 8.98. The summed E-state index contributed by atoms with van der Waals surface area (Å²) in [4.78, 5) is 6.72. The third-order valence-corrected chi connectivity index (χ3v) is 5.38. The third-order valence-electron chi connectivity index (χ3n) is 4.07. The van der Waals surface area contributed by atoms with Gasteiger partial charge in [0, 0.05) is 36.1 Å². The van der Waals surface area contributed by atoms with Crippen LogP contribution in [0.25, 0.3) is 5.65 Å². The fourth-order valence-corrected chi connectivity index (χ4v) is 3.21. The number of rotatable bonds is 5. The Hall–Kier alpha value is -1.72. The molecule has 2 aromatic heterocycles. The van der Waals surface area contributed by atoms with E-state index in [9.17, 15) is 0 Å². The van der Waals surface area contributed by atoms with Crippen LogP contribution in [-0.4, -0.2) is 23.0 Å². The van der Waals surface area contributed by atoms with E-state index in [0.717, 1.165) is 39.5 Å². The molecule has 0 atom stereocenters. The number of benzene rings is 1. The largest absolute Gasteiger partial charge is 0.485 e. The number of aryl methyl sites for hydroxylation is 1. The maximum atomic E-state index is 6.41. The van der Waals surface area contributed by atoms with Gasteiger partial charge in [0.1, 0.15) is 11.2 Å². The number of pyridine rings is 1. The van der Waals surface area contributed by atoms with Crippen LogP contribution in [0.4, 0.5) is 5.69 Å². The highest BCUT2D eigenvalue weighted by Crippen LogP contribution is 2.30. The molecule has 1 aromatic carbocycles. The van der Waals surface area contributed by atoms with Gasteiger partial charge in [-0.2, -0.15) is 0 Å². The molecule has 0 amide bonds. The zero-order chi connectivity index (χ0) is 17.3. The van der Waals surface area contributed by atoms with Crippen LogP contribution < -0.4 is 9.64 Å². The zero-order valence-electron chi connectivity index (χ0n) is 13.9. The lowest BCUT2D eigenvalue weighted by molar-refractivity contribution is 0.308. The second kappa shape index (κ2) is 7.03. The Morgan fingerprint density at radius 3 is 2.83 bits per heavy atom. The van der Waals surface area contributed by atoms with E-state index < -0.39 is 0 Å². The number of imidazole rings is 1. The van der Waals surface area contributed by atoms with Crippen LogP contribution >= 0.6 is 27.5 Å². The van der Waals surface area contributed by atoms with Gasteiger partial charge in [0.15, 0.2) is 11.4 Å². The van der Waals surface area contributed by atoms with Crippen molar-refractivity contribution in [1.29, 1.82) is 0 Å². The fraction of sp³-hybridized carbons (Fsp3) is 0.278. The molecule has 6 heteroatoms.